The van der Waals surface area contributed by atoms with Gasteiger partial charge in [0.05, 0.1) is 25.8 Å². The maximum absolute atomic E-state index is 14.8. The molecule has 3 amide bonds. The van der Waals surface area contributed by atoms with Crippen LogP contribution in [0.15, 0.2) is 97.1 Å². The van der Waals surface area contributed by atoms with Crippen molar-refractivity contribution in [2.24, 2.45) is 5.92 Å². The Morgan fingerprint density at radius 2 is 1.64 bits per heavy atom. The average Bonchev–Trinajstić information content (AvgIpc) is 3.53. The Labute approximate surface area is 260 Å². The lowest BCUT2D eigenvalue weighted by Crippen LogP contribution is -2.57. The number of nitrogens with zero attached hydrogens (tertiary/aromatic N) is 1. The van der Waals surface area contributed by atoms with E-state index in [9.17, 15) is 14.4 Å². The van der Waals surface area contributed by atoms with E-state index in [0.29, 0.717) is 45.4 Å². The lowest BCUT2D eigenvalue weighted by molar-refractivity contribution is -0.126. The first kappa shape index (κ1) is 29.3. The van der Waals surface area contributed by atoms with Crippen molar-refractivity contribution in [3.05, 3.63) is 119 Å². The molecule has 1 saturated heterocycles. The summed E-state index contributed by atoms with van der Waals surface area (Å²) < 4.78 is 10.9. The molecular formula is C35H32ClN3O5. The van der Waals surface area contributed by atoms with Gasteiger partial charge < -0.3 is 25.0 Å². The van der Waals surface area contributed by atoms with Crippen molar-refractivity contribution in [3.63, 3.8) is 0 Å². The van der Waals surface area contributed by atoms with Gasteiger partial charge in [0.1, 0.15) is 11.5 Å². The van der Waals surface area contributed by atoms with Crippen molar-refractivity contribution in [3.8, 4) is 11.5 Å². The number of urea groups is 1. The van der Waals surface area contributed by atoms with E-state index in [0.717, 1.165) is 5.56 Å². The Morgan fingerprint density at radius 1 is 0.932 bits per heavy atom. The summed E-state index contributed by atoms with van der Waals surface area (Å²) in [4.78, 5) is 45.6. The predicted molar refractivity (Wildman–Crippen MR) is 170 cm³/mol. The summed E-state index contributed by atoms with van der Waals surface area (Å²) in [5.41, 5.74) is 1.15. The number of benzene rings is 4. The number of carbonyl (C=O) groups is 3. The second kappa shape index (κ2) is 11.7. The van der Waals surface area contributed by atoms with E-state index in [2.05, 4.69) is 10.6 Å². The van der Waals surface area contributed by atoms with Crippen LogP contribution in [-0.2, 0) is 10.3 Å². The van der Waals surface area contributed by atoms with E-state index in [1.807, 2.05) is 43.3 Å². The lowest BCUT2D eigenvalue weighted by atomic mass is 9.69. The largest absolute Gasteiger partial charge is 0.497 e. The summed E-state index contributed by atoms with van der Waals surface area (Å²) in [6.07, 6.45) is 0.468. The van der Waals surface area contributed by atoms with Crippen LogP contribution in [0.2, 0.25) is 5.02 Å². The van der Waals surface area contributed by atoms with Gasteiger partial charge in [0.2, 0.25) is 0 Å². The number of likely N-dealkylation sites (tertiary alicyclic amines) is 1. The molecule has 2 heterocycles. The molecule has 0 bridgehead atoms. The molecule has 4 aromatic rings. The Balaban J connectivity index is 1.60. The van der Waals surface area contributed by atoms with E-state index in [-0.39, 0.29) is 5.78 Å². The number of amides is 3. The number of methoxy groups -OCH3 is 2. The second-order valence-corrected chi connectivity index (χ2v) is 11.3. The van der Waals surface area contributed by atoms with Crippen LogP contribution in [0.4, 0.5) is 16.2 Å². The number of Topliss-reactive ketones (excluding diaryl/α,β-unsaturated/α-hetero) is 1. The van der Waals surface area contributed by atoms with Crippen molar-refractivity contribution in [1.29, 1.82) is 0 Å². The van der Waals surface area contributed by atoms with Gasteiger partial charge in [-0.05, 0) is 42.3 Å². The highest BCUT2D eigenvalue weighted by atomic mass is 35.5. The molecule has 2 N–H and O–H groups in total. The number of hydrogen-bond acceptors (Lipinski definition) is 5. The minimum absolute atomic E-state index is 0.229. The summed E-state index contributed by atoms with van der Waals surface area (Å²) in [5.74, 6) is -1.20. The van der Waals surface area contributed by atoms with Gasteiger partial charge in [0, 0.05) is 39.9 Å². The van der Waals surface area contributed by atoms with Crippen molar-refractivity contribution in [2.75, 3.05) is 24.9 Å². The number of anilines is 2. The second-order valence-electron chi connectivity index (χ2n) is 10.9. The molecule has 0 aliphatic carbocycles. The van der Waals surface area contributed by atoms with Crippen LogP contribution >= 0.6 is 11.6 Å². The topological polar surface area (TPSA) is 97.0 Å². The van der Waals surface area contributed by atoms with Crippen molar-refractivity contribution < 1.29 is 23.9 Å². The van der Waals surface area contributed by atoms with Gasteiger partial charge in [0.15, 0.2) is 11.3 Å². The molecule has 224 valence electrons. The quantitative estimate of drug-likeness (QED) is 0.218. The van der Waals surface area contributed by atoms with Crippen LogP contribution in [0.25, 0.3) is 0 Å². The molecule has 9 heteroatoms. The molecular weight excluding hydrogens is 578 g/mol. The molecule has 2 aliphatic heterocycles. The summed E-state index contributed by atoms with van der Waals surface area (Å²) in [5, 5.41) is 6.55. The molecule has 4 atom stereocenters. The van der Waals surface area contributed by atoms with Gasteiger partial charge in [-0.2, -0.15) is 0 Å². The van der Waals surface area contributed by atoms with Crippen molar-refractivity contribution >= 4 is 40.7 Å². The smallest absolute Gasteiger partial charge is 0.323 e. The molecule has 6 rings (SSSR count). The van der Waals surface area contributed by atoms with E-state index < -0.39 is 35.4 Å². The lowest BCUT2D eigenvalue weighted by Gasteiger charge is -2.39. The molecule has 0 saturated carbocycles. The molecule has 1 fully saturated rings. The van der Waals surface area contributed by atoms with Crippen LogP contribution in [0.3, 0.4) is 0 Å². The number of nitrogens with one attached hydrogen (secondary N) is 2. The van der Waals surface area contributed by atoms with Crippen molar-refractivity contribution in [1.82, 2.24) is 4.90 Å². The first-order valence-electron chi connectivity index (χ1n) is 14.4. The number of para-hydroxylation sites is 1. The number of hydrogen-bond donors (Lipinski definition) is 2. The van der Waals surface area contributed by atoms with E-state index >= 15 is 0 Å². The number of ether oxygens (including phenoxy) is 2. The highest BCUT2D eigenvalue weighted by Gasteiger charge is 2.69. The summed E-state index contributed by atoms with van der Waals surface area (Å²) in [7, 11) is 3.05. The van der Waals surface area contributed by atoms with Gasteiger partial charge in [-0.3, -0.25) is 9.59 Å². The predicted octanol–water partition coefficient (Wildman–Crippen LogP) is 7.11. The zero-order valence-corrected chi connectivity index (χ0v) is 25.3. The Bertz CT molecular complexity index is 1730. The summed E-state index contributed by atoms with van der Waals surface area (Å²) in [6, 6.07) is 27.5. The number of fused-ring (bicyclic) bond motifs is 2. The number of halogens is 1. The summed E-state index contributed by atoms with van der Waals surface area (Å²) in [6.45, 7) is 1.96. The normalized spacial score (nSPS) is 22.0. The minimum Gasteiger partial charge on any atom is -0.497 e. The molecule has 4 aromatic carbocycles. The Hall–Kier alpha value is -4.82. The molecule has 44 heavy (non-hydrogen) atoms. The zero-order chi connectivity index (χ0) is 31.0. The van der Waals surface area contributed by atoms with Gasteiger partial charge in [-0.1, -0.05) is 79.2 Å². The van der Waals surface area contributed by atoms with E-state index in [1.54, 1.807) is 72.7 Å². The maximum atomic E-state index is 14.8. The molecule has 0 radical (unpaired) electrons. The number of ketones is 1. The van der Waals surface area contributed by atoms with Gasteiger partial charge >= 0.3 is 6.03 Å². The SMILES string of the molecule is CCC1C(c2ccc(Cl)cc2)C(C(=O)c2ccccc2)C2(C(=O)Nc3ccccc32)N1C(=O)Nc1ccc(OC)cc1OC. The molecule has 4 unspecified atom stereocenters. The first-order chi connectivity index (χ1) is 21.3. The molecule has 1 spiro atoms. The van der Waals surface area contributed by atoms with Crippen LogP contribution in [0.5, 0.6) is 11.5 Å². The highest BCUT2D eigenvalue weighted by molar-refractivity contribution is 6.30. The van der Waals surface area contributed by atoms with Crippen LogP contribution in [-0.4, -0.2) is 42.9 Å². The number of rotatable bonds is 7. The fourth-order valence-corrected chi connectivity index (χ4v) is 7.05. The van der Waals surface area contributed by atoms with E-state index in [4.69, 9.17) is 21.1 Å². The third-order valence-electron chi connectivity index (χ3n) is 8.75. The third-order valence-corrected chi connectivity index (χ3v) is 9.00. The standard InChI is InChI=1S/C35H32ClN3O5/c1-4-28-30(21-14-16-23(36)17-15-21)31(32(40)22-10-6-5-7-11-22)35(25-12-8-9-13-26(25)37-33(35)41)39(28)34(42)38-27-19-18-24(43-2)20-29(27)44-3/h5-20,28,30-31H,4H2,1-3H3,(H,37,41)(H,38,42). The third kappa shape index (κ3) is 4.57. The zero-order valence-electron chi connectivity index (χ0n) is 24.5. The van der Waals surface area contributed by atoms with E-state index in [1.165, 1.54) is 7.11 Å². The molecule has 2 aliphatic rings. The van der Waals surface area contributed by atoms with Gasteiger partial charge in [0.25, 0.3) is 5.91 Å². The first-order valence-corrected chi connectivity index (χ1v) is 14.8. The minimum atomic E-state index is -1.65. The Morgan fingerprint density at radius 3 is 2.32 bits per heavy atom. The highest BCUT2D eigenvalue weighted by Crippen LogP contribution is 2.59. The monoisotopic (exact) mass is 609 g/mol. The fourth-order valence-electron chi connectivity index (χ4n) is 6.93. The maximum Gasteiger partial charge on any atom is 0.323 e. The van der Waals surface area contributed by atoms with Gasteiger partial charge in [-0.15, -0.1) is 0 Å². The van der Waals surface area contributed by atoms with Crippen LogP contribution < -0.4 is 20.1 Å². The Kier molecular flexibility index (Phi) is 7.78. The van der Waals surface area contributed by atoms with Crippen LogP contribution in [0, 0.1) is 5.92 Å². The van der Waals surface area contributed by atoms with Gasteiger partial charge in [-0.25, -0.2) is 4.79 Å². The molecule has 0 aromatic heterocycles. The average molecular weight is 610 g/mol. The summed E-state index contributed by atoms with van der Waals surface area (Å²) >= 11 is 6.29. The fraction of sp³-hybridized carbons (Fsp3) is 0.229. The molecule has 8 nitrogen and oxygen atoms in total. The van der Waals surface area contributed by atoms with Crippen molar-refractivity contribution in [2.45, 2.75) is 30.8 Å². The number of carbonyl (C=O) groups excluding carboxylic acids is 3. The van der Waals surface area contributed by atoms with Crippen LogP contribution in [0.1, 0.15) is 40.7 Å².